The number of hydrogen-bond donors (Lipinski definition) is 1. The lowest BCUT2D eigenvalue weighted by Crippen LogP contribution is -2.16. The van der Waals surface area contributed by atoms with Crippen molar-refractivity contribution in [2.45, 2.75) is 0 Å². The standard InChI is InChI=1S/C26H17N3O3/c1-32-16-8-6-7-15(13-16)27-25(30)21-14-20-17-9-4-5-12-22(17)29-24(20)23(28-21)18-10-2-3-11-19(18)26(29)31/h2-14H,1H3,(H,27,30). The molecule has 0 saturated heterocycles. The van der Waals surface area contributed by atoms with Gasteiger partial charge in [0.1, 0.15) is 11.4 Å². The zero-order chi connectivity index (χ0) is 21.8. The summed E-state index contributed by atoms with van der Waals surface area (Å²) in [5, 5.41) is 5.93. The van der Waals surface area contributed by atoms with E-state index in [2.05, 4.69) is 5.32 Å². The Morgan fingerprint density at radius 3 is 2.44 bits per heavy atom. The first-order chi connectivity index (χ1) is 15.7. The molecular formula is C26H17N3O3. The van der Waals surface area contributed by atoms with Crippen LogP contribution in [0.2, 0.25) is 0 Å². The summed E-state index contributed by atoms with van der Waals surface area (Å²) < 4.78 is 6.95. The largest absolute Gasteiger partial charge is 0.497 e. The highest BCUT2D eigenvalue weighted by Gasteiger charge is 2.20. The fourth-order valence-electron chi connectivity index (χ4n) is 4.39. The zero-order valence-electron chi connectivity index (χ0n) is 17.1. The summed E-state index contributed by atoms with van der Waals surface area (Å²) in [7, 11) is 1.58. The van der Waals surface area contributed by atoms with Gasteiger partial charge in [-0.3, -0.25) is 14.0 Å². The molecule has 1 N–H and O–H groups in total. The molecule has 0 aliphatic carbocycles. The number of rotatable bonds is 3. The number of fused-ring (bicyclic) bond motifs is 5. The first-order valence-corrected chi connectivity index (χ1v) is 10.2. The van der Waals surface area contributed by atoms with Gasteiger partial charge in [-0.25, -0.2) is 4.98 Å². The third-order valence-corrected chi connectivity index (χ3v) is 5.83. The second-order valence-electron chi connectivity index (χ2n) is 7.64. The maximum absolute atomic E-state index is 13.3. The Labute approximate surface area is 182 Å². The molecule has 0 unspecified atom stereocenters. The Morgan fingerprint density at radius 1 is 0.875 bits per heavy atom. The molecule has 6 nitrogen and oxygen atoms in total. The molecule has 0 aliphatic heterocycles. The van der Waals surface area contributed by atoms with E-state index in [-0.39, 0.29) is 17.2 Å². The molecule has 154 valence electrons. The predicted octanol–water partition coefficient (Wildman–Crippen LogP) is 4.85. The van der Waals surface area contributed by atoms with E-state index in [1.807, 2.05) is 54.6 Å². The van der Waals surface area contributed by atoms with Gasteiger partial charge in [-0.15, -0.1) is 0 Å². The van der Waals surface area contributed by atoms with Crippen LogP contribution in [0.5, 0.6) is 5.75 Å². The highest BCUT2D eigenvalue weighted by molar-refractivity contribution is 6.20. The van der Waals surface area contributed by atoms with Crippen LogP contribution in [-0.2, 0) is 0 Å². The molecule has 6 rings (SSSR count). The van der Waals surface area contributed by atoms with E-state index < -0.39 is 0 Å². The third kappa shape index (κ3) is 2.56. The second kappa shape index (κ2) is 6.78. The minimum Gasteiger partial charge on any atom is -0.497 e. The summed E-state index contributed by atoms with van der Waals surface area (Å²) in [6.45, 7) is 0. The molecule has 0 saturated carbocycles. The third-order valence-electron chi connectivity index (χ3n) is 5.83. The van der Waals surface area contributed by atoms with E-state index in [1.165, 1.54) is 0 Å². The first-order valence-electron chi connectivity index (χ1n) is 10.2. The molecule has 0 fully saturated rings. The van der Waals surface area contributed by atoms with Crippen molar-refractivity contribution in [2.75, 3.05) is 12.4 Å². The lowest BCUT2D eigenvalue weighted by atomic mass is 10.1. The van der Waals surface area contributed by atoms with E-state index in [9.17, 15) is 9.59 Å². The van der Waals surface area contributed by atoms with Gasteiger partial charge in [0.05, 0.1) is 23.7 Å². The molecule has 0 atom stereocenters. The lowest BCUT2D eigenvalue weighted by Gasteiger charge is -2.09. The summed E-state index contributed by atoms with van der Waals surface area (Å²) in [4.78, 5) is 31.2. The van der Waals surface area contributed by atoms with Gasteiger partial charge in [-0.2, -0.15) is 0 Å². The number of hydrogen-bond acceptors (Lipinski definition) is 4. The fourth-order valence-corrected chi connectivity index (χ4v) is 4.39. The molecule has 0 spiro atoms. The normalized spacial score (nSPS) is 11.5. The van der Waals surface area contributed by atoms with Crippen molar-refractivity contribution in [2.24, 2.45) is 0 Å². The number of ether oxygens (including phenoxy) is 1. The van der Waals surface area contributed by atoms with E-state index in [4.69, 9.17) is 9.72 Å². The number of pyridine rings is 2. The smallest absolute Gasteiger partial charge is 0.274 e. The molecule has 3 aromatic carbocycles. The molecule has 0 aliphatic rings. The fraction of sp³-hybridized carbons (Fsp3) is 0.0385. The average Bonchev–Trinajstić information content (AvgIpc) is 3.17. The van der Waals surface area contributed by atoms with Crippen LogP contribution >= 0.6 is 0 Å². The number of nitrogens with zero attached hydrogens (tertiary/aromatic N) is 2. The highest BCUT2D eigenvalue weighted by Crippen LogP contribution is 2.33. The number of aromatic nitrogens is 2. The van der Waals surface area contributed by atoms with Crippen LogP contribution in [-0.4, -0.2) is 22.4 Å². The van der Waals surface area contributed by atoms with Gasteiger partial charge in [0.2, 0.25) is 0 Å². The van der Waals surface area contributed by atoms with Crippen molar-refractivity contribution in [3.8, 4) is 5.75 Å². The van der Waals surface area contributed by atoms with Crippen LogP contribution < -0.4 is 15.6 Å². The van der Waals surface area contributed by atoms with E-state index >= 15 is 0 Å². The maximum Gasteiger partial charge on any atom is 0.274 e. The molecule has 0 radical (unpaired) electrons. The topological polar surface area (TPSA) is 72.7 Å². The maximum atomic E-state index is 13.3. The van der Waals surface area contributed by atoms with E-state index in [0.717, 1.165) is 27.2 Å². The highest BCUT2D eigenvalue weighted by atomic mass is 16.5. The Hall–Kier alpha value is -4.45. The minimum atomic E-state index is -0.331. The second-order valence-corrected chi connectivity index (χ2v) is 7.64. The van der Waals surface area contributed by atoms with Crippen LogP contribution in [0, 0.1) is 0 Å². The van der Waals surface area contributed by atoms with Crippen LogP contribution in [0.1, 0.15) is 10.5 Å². The number of anilines is 1. The number of nitrogens with one attached hydrogen (secondary N) is 1. The summed E-state index contributed by atoms with van der Waals surface area (Å²) in [6, 6.07) is 24.0. The number of amides is 1. The van der Waals surface area contributed by atoms with Gasteiger partial charge in [-0.1, -0.05) is 42.5 Å². The Kier molecular flexibility index (Phi) is 3.89. The van der Waals surface area contributed by atoms with Crippen molar-refractivity contribution in [3.05, 3.63) is 94.9 Å². The van der Waals surface area contributed by atoms with Crippen LogP contribution in [0.4, 0.5) is 5.69 Å². The molecule has 0 bridgehead atoms. The van der Waals surface area contributed by atoms with Crippen molar-refractivity contribution in [1.82, 2.24) is 9.38 Å². The molecule has 6 heteroatoms. The molecule has 1 amide bonds. The Balaban J connectivity index is 1.65. The van der Waals surface area contributed by atoms with E-state index in [1.54, 1.807) is 35.8 Å². The average molecular weight is 419 g/mol. The monoisotopic (exact) mass is 419 g/mol. The number of benzene rings is 3. The van der Waals surface area contributed by atoms with Crippen molar-refractivity contribution < 1.29 is 9.53 Å². The Bertz CT molecular complexity index is 1740. The Morgan fingerprint density at radius 2 is 1.62 bits per heavy atom. The van der Waals surface area contributed by atoms with Gasteiger partial charge >= 0.3 is 0 Å². The number of methoxy groups -OCH3 is 1. The van der Waals surface area contributed by atoms with Gasteiger partial charge < -0.3 is 10.1 Å². The van der Waals surface area contributed by atoms with Crippen molar-refractivity contribution in [1.29, 1.82) is 0 Å². The van der Waals surface area contributed by atoms with Gasteiger partial charge in [0.15, 0.2) is 0 Å². The van der Waals surface area contributed by atoms with Crippen molar-refractivity contribution in [3.63, 3.8) is 0 Å². The minimum absolute atomic E-state index is 0.0883. The van der Waals surface area contributed by atoms with Crippen molar-refractivity contribution >= 4 is 49.7 Å². The zero-order valence-corrected chi connectivity index (χ0v) is 17.1. The quantitative estimate of drug-likeness (QED) is 0.416. The molecule has 3 aromatic heterocycles. The summed E-state index contributed by atoms with van der Waals surface area (Å²) in [5.41, 5.74) is 2.97. The number of carbonyl (C=O) groups excluding carboxylic acids is 1. The van der Waals surface area contributed by atoms with Crippen LogP contribution in [0.3, 0.4) is 0 Å². The molecule has 6 aromatic rings. The molecular weight excluding hydrogens is 402 g/mol. The summed E-state index contributed by atoms with van der Waals surface area (Å²) >= 11 is 0. The van der Waals surface area contributed by atoms with Gasteiger partial charge in [0, 0.05) is 33.3 Å². The number of carbonyl (C=O) groups is 1. The first kappa shape index (κ1) is 18.3. The predicted molar refractivity (Wildman–Crippen MR) is 126 cm³/mol. The SMILES string of the molecule is COc1cccc(NC(=O)c2cc3c4ccccc4n4c(=O)c5ccccc5c(n2)c34)c1. The van der Waals surface area contributed by atoms with E-state index in [0.29, 0.717) is 22.3 Å². The summed E-state index contributed by atoms with van der Waals surface area (Å²) in [5.74, 6) is 0.319. The molecule has 3 heterocycles. The number of para-hydroxylation sites is 1. The van der Waals surface area contributed by atoms with Gasteiger partial charge in [0.25, 0.3) is 11.5 Å². The lowest BCUT2D eigenvalue weighted by molar-refractivity contribution is 0.102. The molecule has 32 heavy (non-hydrogen) atoms. The summed E-state index contributed by atoms with van der Waals surface area (Å²) in [6.07, 6.45) is 0. The van der Waals surface area contributed by atoms with Gasteiger partial charge in [-0.05, 0) is 30.3 Å². The van der Waals surface area contributed by atoms with Crippen LogP contribution in [0.25, 0.3) is 38.1 Å². The van der Waals surface area contributed by atoms with Crippen LogP contribution in [0.15, 0.2) is 83.7 Å².